The average molecular weight is 459 g/mol. The Hall–Kier alpha value is -2.42. The van der Waals surface area contributed by atoms with Crippen LogP contribution in [0.5, 0.6) is 11.5 Å². The van der Waals surface area contributed by atoms with Gasteiger partial charge in [0.1, 0.15) is 13.2 Å². The maximum absolute atomic E-state index is 6.41. The summed E-state index contributed by atoms with van der Waals surface area (Å²) in [6.45, 7) is 4.81. The third kappa shape index (κ3) is 4.61. The molecule has 1 aromatic heterocycles. The molecule has 2 aromatic carbocycles. The summed E-state index contributed by atoms with van der Waals surface area (Å²) in [5.41, 5.74) is 2.27. The third-order valence-electron chi connectivity index (χ3n) is 5.20. The van der Waals surface area contributed by atoms with Gasteiger partial charge in [0.15, 0.2) is 16.7 Å². The molecule has 3 aromatic rings. The lowest BCUT2D eigenvalue weighted by Gasteiger charge is -2.28. The highest BCUT2D eigenvalue weighted by atomic mass is 35.5. The lowest BCUT2D eigenvalue weighted by Crippen LogP contribution is -2.38. The fourth-order valence-electron chi connectivity index (χ4n) is 3.68. The van der Waals surface area contributed by atoms with E-state index in [0.717, 1.165) is 29.8 Å². The summed E-state index contributed by atoms with van der Waals surface area (Å²) in [5, 5.41) is 10.5. The fraction of sp³-hybridized carbons (Fsp3) is 0.364. The van der Waals surface area contributed by atoms with Crippen molar-refractivity contribution in [3.63, 3.8) is 0 Å². The van der Waals surface area contributed by atoms with Gasteiger partial charge in [-0.1, -0.05) is 53.7 Å². The molecule has 0 N–H and O–H groups in total. The second kappa shape index (κ2) is 9.38. The normalized spacial score (nSPS) is 15.8. The number of anilines is 1. The lowest BCUT2D eigenvalue weighted by atomic mass is 10.2. The first-order valence-corrected chi connectivity index (χ1v) is 11.6. The van der Waals surface area contributed by atoms with Crippen LogP contribution in [0.4, 0.5) is 5.95 Å². The molecule has 2 aliphatic heterocycles. The van der Waals surface area contributed by atoms with E-state index in [4.69, 9.17) is 25.8 Å². The number of benzene rings is 2. The monoisotopic (exact) mass is 458 g/mol. The first-order chi connectivity index (χ1) is 15.3. The fourth-order valence-corrected chi connectivity index (χ4v) is 4.84. The van der Waals surface area contributed by atoms with Crippen molar-refractivity contribution in [2.24, 2.45) is 0 Å². The van der Waals surface area contributed by atoms with Gasteiger partial charge in [-0.15, -0.1) is 10.2 Å². The summed E-state index contributed by atoms with van der Waals surface area (Å²) in [7, 11) is 0. The van der Waals surface area contributed by atoms with Crippen LogP contribution in [-0.2, 0) is 17.0 Å². The first-order valence-electron chi connectivity index (χ1n) is 10.3. The van der Waals surface area contributed by atoms with E-state index in [9.17, 15) is 0 Å². The highest BCUT2D eigenvalue weighted by molar-refractivity contribution is 7.98. The van der Waals surface area contributed by atoms with E-state index < -0.39 is 0 Å². The molecule has 2 aliphatic rings. The molecular weight excluding hydrogens is 436 g/mol. The van der Waals surface area contributed by atoms with Crippen LogP contribution in [0.1, 0.15) is 11.1 Å². The van der Waals surface area contributed by atoms with Gasteiger partial charge in [0, 0.05) is 18.8 Å². The second-order valence-corrected chi connectivity index (χ2v) is 8.69. The van der Waals surface area contributed by atoms with Crippen molar-refractivity contribution >= 4 is 29.3 Å². The van der Waals surface area contributed by atoms with Crippen LogP contribution in [0.15, 0.2) is 47.6 Å². The van der Waals surface area contributed by atoms with Crippen molar-refractivity contribution < 1.29 is 14.2 Å². The van der Waals surface area contributed by atoms with Crippen molar-refractivity contribution in [3.05, 3.63) is 58.6 Å². The summed E-state index contributed by atoms with van der Waals surface area (Å²) < 4.78 is 19.0. The van der Waals surface area contributed by atoms with Crippen LogP contribution >= 0.6 is 23.4 Å². The quantitative estimate of drug-likeness (QED) is 0.519. The van der Waals surface area contributed by atoms with Crippen molar-refractivity contribution in [3.8, 4) is 11.5 Å². The molecule has 1 saturated heterocycles. The Balaban J connectivity index is 1.39. The molecule has 0 saturated carbocycles. The van der Waals surface area contributed by atoms with Crippen LogP contribution in [-0.4, -0.2) is 54.3 Å². The zero-order valence-electron chi connectivity index (χ0n) is 17.0. The van der Waals surface area contributed by atoms with Gasteiger partial charge in [-0.2, -0.15) is 0 Å². The summed E-state index contributed by atoms with van der Waals surface area (Å²) in [6, 6.07) is 14.3. The molecule has 1 fully saturated rings. The van der Waals surface area contributed by atoms with Gasteiger partial charge in [-0.25, -0.2) is 0 Å². The maximum Gasteiger partial charge on any atom is 0.228 e. The summed E-state index contributed by atoms with van der Waals surface area (Å²) in [4.78, 5) is 2.24. The number of nitrogens with zero attached hydrogens (tertiary/aromatic N) is 4. The number of rotatable bonds is 6. The van der Waals surface area contributed by atoms with Crippen molar-refractivity contribution in [2.45, 2.75) is 17.5 Å². The third-order valence-corrected chi connectivity index (χ3v) is 6.52. The minimum Gasteiger partial charge on any atom is -0.486 e. The van der Waals surface area contributed by atoms with Gasteiger partial charge in [-0.3, -0.25) is 4.57 Å². The molecule has 5 rings (SSSR count). The van der Waals surface area contributed by atoms with E-state index in [1.165, 1.54) is 5.56 Å². The van der Waals surface area contributed by atoms with E-state index in [1.807, 2.05) is 18.2 Å². The smallest absolute Gasteiger partial charge is 0.228 e. The summed E-state index contributed by atoms with van der Waals surface area (Å²) >= 11 is 8.05. The molecule has 0 unspecified atom stereocenters. The second-order valence-electron chi connectivity index (χ2n) is 7.34. The largest absolute Gasteiger partial charge is 0.486 e. The van der Waals surface area contributed by atoms with Crippen molar-refractivity contribution in [1.82, 2.24) is 14.8 Å². The first kappa shape index (κ1) is 20.5. The summed E-state index contributed by atoms with van der Waals surface area (Å²) in [5.74, 6) is 2.92. The van der Waals surface area contributed by atoms with Crippen molar-refractivity contribution in [2.75, 3.05) is 44.4 Å². The van der Waals surface area contributed by atoms with Gasteiger partial charge in [0.2, 0.25) is 5.95 Å². The topological polar surface area (TPSA) is 61.6 Å². The van der Waals surface area contributed by atoms with E-state index in [1.54, 1.807) is 11.8 Å². The minimum atomic E-state index is 0.522. The number of thioether (sulfide) groups is 1. The molecule has 9 heteroatoms. The van der Waals surface area contributed by atoms with Gasteiger partial charge < -0.3 is 19.1 Å². The Morgan fingerprint density at radius 2 is 1.74 bits per heavy atom. The number of ether oxygens (including phenoxy) is 3. The minimum absolute atomic E-state index is 0.522. The number of hydrogen-bond acceptors (Lipinski definition) is 7. The number of fused-ring (bicyclic) bond motifs is 1. The van der Waals surface area contributed by atoms with Crippen LogP contribution in [0, 0.1) is 0 Å². The van der Waals surface area contributed by atoms with Crippen LogP contribution in [0.3, 0.4) is 0 Å². The zero-order valence-corrected chi connectivity index (χ0v) is 18.6. The summed E-state index contributed by atoms with van der Waals surface area (Å²) in [6.07, 6.45) is 0. The molecule has 0 amide bonds. The maximum atomic E-state index is 6.41. The number of aromatic nitrogens is 3. The zero-order chi connectivity index (χ0) is 21.0. The SMILES string of the molecule is Clc1cc(CSc2nnc(N3CCOCC3)n2Cc2ccccc2)cc2c1OCCO2. The van der Waals surface area contributed by atoms with E-state index in [-0.39, 0.29) is 0 Å². The van der Waals surface area contributed by atoms with Crippen LogP contribution in [0.25, 0.3) is 0 Å². The standard InChI is InChI=1S/C22H23ClN4O3S/c23-18-12-17(13-19-20(18)30-11-10-29-19)15-31-22-25-24-21(26-6-8-28-9-7-26)27(22)14-16-4-2-1-3-5-16/h1-5,12-13H,6-11,14-15H2. The average Bonchev–Trinajstić information content (AvgIpc) is 3.21. The van der Waals surface area contributed by atoms with Crippen molar-refractivity contribution in [1.29, 1.82) is 0 Å². The molecule has 0 bridgehead atoms. The molecule has 0 atom stereocenters. The number of halogens is 1. The van der Waals surface area contributed by atoms with Gasteiger partial charge in [0.05, 0.1) is 24.8 Å². The Bertz CT molecular complexity index is 1040. The number of hydrogen-bond donors (Lipinski definition) is 0. The predicted molar refractivity (Wildman–Crippen MR) is 121 cm³/mol. The van der Waals surface area contributed by atoms with Crippen LogP contribution < -0.4 is 14.4 Å². The Morgan fingerprint density at radius 1 is 0.935 bits per heavy atom. The van der Waals surface area contributed by atoms with E-state index in [2.05, 4.69) is 43.9 Å². The molecule has 31 heavy (non-hydrogen) atoms. The van der Waals surface area contributed by atoms with E-state index >= 15 is 0 Å². The molecule has 7 nitrogen and oxygen atoms in total. The molecule has 3 heterocycles. The lowest BCUT2D eigenvalue weighted by molar-refractivity contribution is 0.121. The highest BCUT2D eigenvalue weighted by Gasteiger charge is 2.22. The molecule has 0 spiro atoms. The Morgan fingerprint density at radius 3 is 2.58 bits per heavy atom. The van der Waals surface area contributed by atoms with Crippen LogP contribution in [0.2, 0.25) is 5.02 Å². The highest BCUT2D eigenvalue weighted by Crippen LogP contribution is 2.39. The molecule has 0 aliphatic carbocycles. The molecule has 162 valence electrons. The van der Waals surface area contributed by atoms with Gasteiger partial charge in [-0.05, 0) is 23.3 Å². The van der Waals surface area contributed by atoms with E-state index in [0.29, 0.717) is 55.2 Å². The van der Waals surface area contributed by atoms with Gasteiger partial charge in [0.25, 0.3) is 0 Å². The predicted octanol–water partition coefficient (Wildman–Crippen LogP) is 3.88. The Kier molecular flexibility index (Phi) is 6.20. The number of morpholine rings is 1. The Labute approximate surface area is 190 Å². The van der Waals surface area contributed by atoms with Gasteiger partial charge >= 0.3 is 0 Å². The molecule has 0 radical (unpaired) electrons. The molecular formula is C22H23ClN4O3S.